The van der Waals surface area contributed by atoms with E-state index >= 15 is 0 Å². The zero-order valence-corrected chi connectivity index (χ0v) is 30.2. The molecule has 264 valence electrons. The Balaban J connectivity index is 1.09. The minimum Gasteiger partial charge on any atom is -0.444 e. The molecule has 1 amide bonds. The largest absolute Gasteiger partial charge is 0.444 e. The van der Waals surface area contributed by atoms with Gasteiger partial charge in [0, 0.05) is 55.1 Å². The molecule has 2 aliphatic heterocycles. The second-order valence-electron chi connectivity index (χ2n) is 14.8. The molecule has 3 heterocycles. The van der Waals surface area contributed by atoms with Crippen molar-refractivity contribution in [1.82, 2.24) is 24.1 Å². The number of aryl methyl sites for hydroxylation is 2. The Hall–Kier alpha value is -4.06. The molecule has 3 aromatic carbocycles. The second-order valence-corrected chi connectivity index (χ2v) is 16.7. The van der Waals surface area contributed by atoms with Crippen LogP contribution >= 0.6 is 0 Å². The molecule has 7 rings (SSSR count). The Kier molecular flexibility index (Phi) is 9.82. The number of sulfonamides is 1. The highest BCUT2D eigenvalue weighted by atomic mass is 32.2. The van der Waals surface area contributed by atoms with E-state index < -0.39 is 21.7 Å². The van der Waals surface area contributed by atoms with Crippen molar-refractivity contribution in [2.75, 3.05) is 44.6 Å². The third-order valence-corrected chi connectivity index (χ3v) is 12.0. The average Bonchev–Trinajstić information content (AvgIpc) is 3.39. The maximum Gasteiger partial charge on any atom is 0.410 e. The summed E-state index contributed by atoms with van der Waals surface area (Å²) in [6, 6.07) is 20.2. The molecule has 10 nitrogen and oxygen atoms in total. The predicted octanol–water partition coefficient (Wildman–Crippen LogP) is 7.02. The van der Waals surface area contributed by atoms with Gasteiger partial charge in [0.15, 0.2) is 0 Å². The number of nitrogens with zero attached hydrogens (tertiary/aromatic N) is 5. The predicted molar refractivity (Wildman–Crippen MR) is 197 cm³/mol. The SMILES string of the molecule is CC(C)(C)OC(=O)N1CCCN(S(=O)(=O)c2cccc(-c3cccc4cnc(Nc5ccc6c(c5)CC[C@@H](N5CCCC5)CC6)nc34)c2)CC1. The van der Waals surface area contributed by atoms with Gasteiger partial charge in [-0.15, -0.1) is 0 Å². The Morgan fingerprint density at radius 2 is 1.64 bits per heavy atom. The van der Waals surface area contributed by atoms with Gasteiger partial charge in [-0.25, -0.2) is 23.2 Å². The van der Waals surface area contributed by atoms with Gasteiger partial charge in [-0.2, -0.15) is 4.31 Å². The maximum absolute atomic E-state index is 13.9. The fourth-order valence-corrected chi connectivity index (χ4v) is 9.05. The van der Waals surface area contributed by atoms with E-state index in [1.54, 1.807) is 23.1 Å². The van der Waals surface area contributed by atoms with Crippen LogP contribution in [0.5, 0.6) is 0 Å². The van der Waals surface area contributed by atoms with Gasteiger partial charge >= 0.3 is 6.09 Å². The van der Waals surface area contributed by atoms with Crippen LogP contribution in [0.1, 0.15) is 64.0 Å². The first kappa shape index (κ1) is 34.4. The number of aromatic nitrogens is 2. The standard InChI is InChI=1S/C39H48N6O4S/c1-39(2,3)49-38(46)44-21-8-22-45(24-23-44)50(47,48)34-11-6-9-30(26-34)35-12-7-10-31-27-40-37(42-36(31)35)41-32-16-13-28-14-17-33(18-15-29(28)25-32)43-19-4-5-20-43/h6-7,9-13,16,25-27,33H,4-5,8,14-15,17-24H2,1-3H3,(H,40,41,42)/t33-/m0/s1. The molecular weight excluding hydrogens is 649 g/mol. The van der Waals surface area contributed by atoms with Gasteiger partial charge in [0.25, 0.3) is 0 Å². The number of hydrogen-bond acceptors (Lipinski definition) is 8. The van der Waals surface area contributed by atoms with Crippen LogP contribution in [0.4, 0.5) is 16.4 Å². The van der Waals surface area contributed by atoms with E-state index in [1.807, 2.05) is 51.2 Å². The highest BCUT2D eigenvalue weighted by Gasteiger charge is 2.30. The number of anilines is 2. The zero-order chi connectivity index (χ0) is 34.9. The summed E-state index contributed by atoms with van der Waals surface area (Å²) in [5.74, 6) is 0.497. The van der Waals surface area contributed by atoms with E-state index in [2.05, 4.69) is 33.4 Å². The van der Waals surface area contributed by atoms with Gasteiger partial charge in [0.05, 0.1) is 10.4 Å². The summed E-state index contributed by atoms with van der Waals surface area (Å²) in [6.07, 6.45) is 9.18. The summed E-state index contributed by atoms with van der Waals surface area (Å²) in [4.78, 5) is 26.7. The minimum atomic E-state index is -3.81. The summed E-state index contributed by atoms with van der Waals surface area (Å²) in [7, 11) is -3.81. The number of para-hydroxylation sites is 1. The van der Waals surface area contributed by atoms with Crippen molar-refractivity contribution in [2.45, 2.75) is 82.3 Å². The third-order valence-electron chi connectivity index (χ3n) is 10.1. The molecule has 2 fully saturated rings. The first-order valence-corrected chi connectivity index (χ1v) is 19.4. The molecule has 0 radical (unpaired) electrons. The molecular formula is C39H48N6O4S. The first-order chi connectivity index (χ1) is 24.0. The van der Waals surface area contributed by atoms with Gasteiger partial charge in [0.2, 0.25) is 16.0 Å². The van der Waals surface area contributed by atoms with E-state index in [9.17, 15) is 13.2 Å². The summed E-state index contributed by atoms with van der Waals surface area (Å²) < 4.78 is 34.8. The normalized spacial score (nSPS) is 19.5. The molecule has 0 spiro atoms. The van der Waals surface area contributed by atoms with E-state index in [1.165, 1.54) is 54.2 Å². The number of nitrogens with one attached hydrogen (secondary N) is 1. The van der Waals surface area contributed by atoms with Crippen LogP contribution in [-0.2, 0) is 27.6 Å². The lowest BCUT2D eigenvalue weighted by atomic mass is 10.0. The van der Waals surface area contributed by atoms with Crippen molar-refractivity contribution >= 4 is 38.7 Å². The van der Waals surface area contributed by atoms with Crippen molar-refractivity contribution in [2.24, 2.45) is 0 Å². The number of hydrogen-bond donors (Lipinski definition) is 1. The average molecular weight is 697 g/mol. The lowest BCUT2D eigenvalue weighted by molar-refractivity contribution is 0.0260. The van der Waals surface area contributed by atoms with E-state index in [0.717, 1.165) is 40.6 Å². The summed E-state index contributed by atoms with van der Waals surface area (Å²) >= 11 is 0. The molecule has 11 heteroatoms. The number of carbonyl (C=O) groups excluding carboxylic acids is 1. The Labute approximate surface area is 295 Å². The number of carbonyl (C=O) groups is 1. The Bertz CT molecular complexity index is 1970. The van der Waals surface area contributed by atoms with Crippen molar-refractivity contribution < 1.29 is 17.9 Å². The van der Waals surface area contributed by atoms with Gasteiger partial charge in [-0.1, -0.05) is 36.4 Å². The first-order valence-electron chi connectivity index (χ1n) is 18.0. The zero-order valence-electron chi connectivity index (χ0n) is 29.4. The third kappa shape index (κ3) is 7.65. The van der Waals surface area contributed by atoms with Gasteiger partial charge < -0.3 is 19.9 Å². The highest BCUT2D eigenvalue weighted by Crippen LogP contribution is 2.32. The maximum atomic E-state index is 13.9. The second kappa shape index (κ2) is 14.3. The molecule has 1 aliphatic carbocycles. The summed E-state index contributed by atoms with van der Waals surface area (Å²) in [6.45, 7) is 9.19. The molecule has 0 unspecified atom stereocenters. The van der Waals surface area contributed by atoms with Crippen LogP contribution in [0.2, 0.25) is 0 Å². The van der Waals surface area contributed by atoms with Crippen LogP contribution in [0.3, 0.4) is 0 Å². The van der Waals surface area contributed by atoms with Crippen molar-refractivity contribution in [1.29, 1.82) is 0 Å². The number of rotatable bonds is 6. The summed E-state index contributed by atoms with van der Waals surface area (Å²) in [5, 5.41) is 4.31. The molecule has 1 atom stereocenters. The Morgan fingerprint density at radius 3 is 2.44 bits per heavy atom. The molecule has 0 saturated carbocycles. The van der Waals surface area contributed by atoms with Gasteiger partial charge in [0.1, 0.15) is 5.60 Å². The number of benzene rings is 3. The highest BCUT2D eigenvalue weighted by molar-refractivity contribution is 7.89. The van der Waals surface area contributed by atoms with Crippen LogP contribution < -0.4 is 5.32 Å². The monoisotopic (exact) mass is 696 g/mol. The van der Waals surface area contributed by atoms with Crippen molar-refractivity contribution in [3.8, 4) is 11.1 Å². The topological polar surface area (TPSA) is 108 Å². The van der Waals surface area contributed by atoms with Crippen molar-refractivity contribution in [3.05, 3.63) is 78.0 Å². The molecule has 2 saturated heterocycles. The van der Waals surface area contributed by atoms with E-state index in [4.69, 9.17) is 9.72 Å². The summed E-state index contributed by atoms with van der Waals surface area (Å²) in [5.41, 5.74) is 5.52. The Morgan fingerprint density at radius 1 is 0.860 bits per heavy atom. The van der Waals surface area contributed by atoms with Crippen molar-refractivity contribution in [3.63, 3.8) is 0 Å². The number of fused-ring (bicyclic) bond motifs is 2. The smallest absolute Gasteiger partial charge is 0.410 e. The lowest BCUT2D eigenvalue weighted by Gasteiger charge is -2.26. The number of likely N-dealkylation sites (tertiary alicyclic amines) is 1. The molecule has 1 aromatic heterocycles. The number of amides is 1. The minimum absolute atomic E-state index is 0.198. The fraction of sp³-hybridized carbons (Fsp3) is 0.462. The molecule has 50 heavy (non-hydrogen) atoms. The van der Waals surface area contributed by atoms with E-state index in [0.29, 0.717) is 31.5 Å². The molecule has 4 aromatic rings. The van der Waals surface area contributed by atoms with E-state index in [-0.39, 0.29) is 18.0 Å². The van der Waals surface area contributed by atoms with Crippen LogP contribution in [-0.4, -0.2) is 89.5 Å². The van der Waals surface area contributed by atoms with Crippen LogP contribution in [0.25, 0.3) is 22.0 Å². The van der Waals surface area contributed by atoms with Gasteiger partial charge in [-0.3, -0.25) is 0 Å². The fourth-order valence-electron chi connectivity index (χ4n) is 7.54. The molecule has 0 bridgehead atoms. The van der Waals surface area contributed by atoms with Crippen LogP contribution in [0.15, 0.2) is 71.8 Å². The van der Waals surface area contributed by atoms with Gasteiger partial charge in [-0.05, 0) is 120 Å². The lowest BCUT2D eigenvalue weighted by Crippen LogP contribution is -2.40. The van der Waals surface area contributed by atoms with Crippen LogP contribution in [0, 0.1) is 0 Å². The molecule has 1 N–H and O–H groups in total. The quantitative estimate of drug-likeness (QED) is 0.215. The molecule has 3 aliphatic rings. The number of ether oxygens (including phenoxy) is 1.